The van der Waals surface area contributed by atoms with Gasteiger partial charge < -0.3 is 19.5 Å². The van der Waals surface area contributed by atoms with Crippen LogP contribution in [0.15, 0.2) is 52.7 Å². The Balaban J connectivity index is 1.26. The van der Waals surface area contributed by atoms with Crippen molar-refractivity contribution in [2.75, 3.05) is 26.2 Å². The summed E-state index contributed by atoms with van der Waals surface area (Å²) < 4.78 is 5.67. The molecule has 1 N–H and O–H groups in total. The van der Waals surface area contributed by atoms with Crippen LogP contribution in [0.5, 0.6) is 0 Å². The molecule has 1 aromatic heterocycles. The van der Waals surface area contributed by atoms with Crippen LogP contribution in [0.3, 0.4) is 0 Å². The molecule has 7 heteroatoms. The second kappa shape index (κ2) is 6.54. The lowest BCUT2D eigenvalue weighted by Gasteiger charge is -2.35. The molecule has 6 rings (SSSR count). The van der Waals surface area contributed by atoms with Gasteiger partial charge in [0.05, 0.1) is 11.5 Å². The van der Waals surface area contributed by atoms with Gasteiger partial charge in [-0.05, 0) is 40.9 Å². The Morgan fingerprint density at radius 3 is 2.90 bits per heavy atom. The lowest BCUT2D eigenvalue weighted by molar-refractivity contribution is -0.123. The molecule has 0 saturated carbocycles. The maximum Gasteiger partial charge on any atom is 0.252 e. The first-order valence-corrected chi connectivity index (χ1v) is 11.3. The van der Waals surface area contributed by atoms with Gasteiger partial charge in [-0.1, -0.05) is 20.7 Å². The largest absolute Gasteiger partial charge is 0.441 e. The molecule has 1 aromatic carbocycles. The summed E-state index contributed by atoms with van der Waals surface area (Å²) in [5, 5.41) is 4.57. The molecule has 4 aliphatic rings. The highest BCUT2D eigenvalue weighted by Crippen LogP contribution is 2.45. The summed E-state index contributed by atoms with van der Waals surface area (Å²) in [5.41, 5.74) is 3.85. The van der Waals surface area contributed by atoms with Crippen LogP contribution < -0.4 is 5.32 Å². The standard InChI is InChI=1S/C22H23N4O2P/c1-13-24-18-4-2-14(6-19(18)28-13)20-7-21(27)26-12-17(3-5-22(26)29-20)25-10-15-8-23-9-16(15)11-25/h2-7,12,15-16,22-23,29H,8-11H2,1H3. The third kappa shape index (κ3) is 2.93. The Labute approximate surface area is 171 Å². The summed E-state index contributed by atoms with van der Waals surface area (Å²) in [7, 11) is 0.509. The first-order chi connectivity index (χ1) is 14.1. The number of nitrogens with zero attached hydrogens (tertiary/aromatic N) is 3. The van der Waals surface area contributed by atoms with Gasteiger partial charge in [0.15, 0.2) is 11.5 Å². The number of amides is 1. The van der Waals surface area contributed by atoms with Gasteiger partial charge in [0.2, 0.25) is 0 Å². The minimum atomic E-state index is 0.0560. The maximum absolute atomic E-state index is 12.9. The van der Waals surface area contributed by atoms with E-state index in [4.69, 9.17) is 4.42 Å². The molecule has 6 nitrogen and oxygen atoms in total. The number of carbonyl (C=O) groups excluding carboxylic acids is 1. The summed E-state index contributed by atoms with van der Waals surface area (Å²) in [6.45, 7) is 6.25. The monoisotopic (exact) mass is 406 g/mol. The lowest BCUT2D eigenvalue weighted by Crippen LogP contribution is -2.37. The Kier molecular flexibility index (Phi) is 3.93. The summed E-state index contributed by atoms with van der Waals surface area (Å²) >= 11 is 0. The van der Waals surface area contributed by atoms with Gasteiger partial charge in [0.1, 0.15) is 5.52 Å². The zero-order valence-electron chi connectivity index (χ0n) is 16.3. The van der Waals surface area contributed by atoms with E-state index in [0.717, 1.165) is 60.0 Å². The number of benzene rings is 1. The molecule has 4 aliphatic heterocycles. The summed E-state index contributed by atoms with van der Waals surface area (Å²) in [6.07, 6.45) is 8.25. The fourth-order valence-corrected chi connectivity index (χ4v) is 6.27. The number of nitrogens with one attached hydrogen (secondary N) is 1. The first kappa shape index (κ1) is 17.4. The fourth-order valence-electron chi connectivity index (χ4n) is 4.89. The third-order valence-electron chi connectivity index (χ3n) is 6.41. The molecule has 4 atom stereocenters. The van der Waals surface area contributed by atoms with Crippen molar-refractivity contribution >= 4 is 30.9 Å². The number of aryl methyl sites for hydroxylation is 1. The lowest BCUT2D eigenvalue weighted by atomic mass is 10.0. The van der Waals surface area contributed by atoms with Crippen molar-refractivity contribution in [3.8, 4) is 0 Å². The van der Waals surface area contributed by atoms with Crippen molar-refractivity contribution in [3.63, 3.8) is 0 Å². The second-order valence-corrected chi connectivity index (χ2v) is 9.72. The molecule has 0 aliphatic carbocycles. The van der Waals surface area contributed by atoms with Crippen molar-refractivity contribution in [1.29, 1.82) is 0 Å². The second-order valence-electron chi connectivity index (χ2n) is 8.30. The predicted octanol–water partition coefficient (Wildman–Crippen LogP) is 2.89. The van der Waals surface area contributed by atoms with Gasteiger partial charge in [0.25, 0.3) is 5.91 Å². The number of likely N-dealkylation sites (tertiary alicyclic amines) is 1. The number of oxazole rings is 1. The quantitative estimate of drug-likeness (QED) is 0.778. The van der Waals surface area contributed by atoms with Gasteiger partial charge >= 0.3 is 0 Å². The third-order valence-corrected chi connectivity index (χ3v) is 7.92. The van der Waals surface area contributed by atoms with E-state index in [1.165, 1.54) is 5.70 Å². The van der Waals surface area contributed by atoms with Crippen molar-refractivity contribution < 1.29 is 9.21 Å². The van der Waals surface area contributed by atoms with Gasteiger partial charge in [-0.15, -0.1) is 0 Å². The highest BCUT2D eigenvalue weighted by atomic mass is 31.1. The number of aromatic nitrogens is 1. The average molecular weight is 406 g/mol. The molecule has 4 unspecified atom stereocenters. The predicted molar refractivity (Wildman–Crippen MR) is 114 cm³/mol. The molecule has 5 heterocycles. The zero-order chi connectivity index (χ0) is 19.5. The van der Waals surface area contributed by atoms with Crippen molar-refractivity contribution in [3.05, 3.63) is 59.8 Å². The maximum atomic E-state index is 12.9. The molecular weight excluding hydrogens is 383 g/mol. The number of hydrogen-bond acceptors (Lipinski definition) is 5. The molecule has 29 heavy (non-hydrogen) atoms. The Morgan fingerprint density at radius 1 is 1.24 bits per heavy atom. The fraction of sp³-hybridized carbons (Fsp3) is 0.364. The highest BCUT2D eigenvalue weighted by molar-refractivity contribution is 7.51. The van der Waals surface area contributed by atoms with E-state index < -0.39 is 0 Å². The number of fused-ring (bicyclic) bond motifs is 3. The molecule has 2 saturated heterocycles. The summed E-state index contributed by atoms with van der Waals surface area (Å²) in [6, 6.07) is 6.01. The normalized spacial score (nSPS) is 29.4. The SMILES string of the molecule is Cc1nc2ccc(C3=CC(=O)N4C=C(N5CC6CNCC6C5)C=CC4P3)cc2o1. The van der Waals surface area contributed by atoms with E-state index in [2.05, 4.69) is 33.6 Å². The molecule has 1 amide bonds. The molecule has 0 radical (unpaired) electrons. The molecule has 2 fully saturated rings. The van der Waals surface area contributed by atoms with Crippen molar-refractivity contribution in [1.82, 2.24) is 20.1 Å². The molecule has 2 aromatic rings. The van der Waals surface area contributed by atoms with E-state index >= 15 is 0 Å². The number of allylic oxidation sites excluding steroid dienone is 1. The zero-order valence-corrected chi connectivity index (χ0v) is 17.3. The van der Waals surface area contributed by atoms with Crippen LogP contribution in [0.1, 0.15) is 11.5 Å². The van der Waals surface area contributed by atoms with Crippen LogP contribution in [0.4, 0.5) is 0 Å². The van der Waals surface area contributed by atoms with Gasteiger partial charge in [-0.3, -0.25) is 4.79 Å². The van der Waals surface area contributed by atoms with Gasteiger partial charge in [0, 0.05) is 45.4 Å². The smallest absolute Gasteiger partial charge is 0.252 e. The first-order valence-electron chi connectivity index (χ1n) is 10.2. The Bertz CT molecular complexity index is 1090. The molecular formula is C22H23N4O2P. The number of rotatable bonds is 2. The van der Waals surface area contributed by atoms with Crippen LogP contribution in [0.2, 0.25) is 0 Å². The van der Waals surface area contributed by atoms with Crippen LogP contribution in [0.25, 0.3) is 16.4 Å². The average Bonchev–Trinajstić information content (AvgIpc) is 3.40. The van der Waals surface area contributed by atoms with Gasteiger partial charge in [-0.2, -0.15) is 0 Å². The van der Waals surface area contributed by atoms with E-state index in [1.54, 1.807) is 6.08 Å². The van der Waals surface area contributed by atoms with Crippen LogP contribution in [-0.2, 0) is 4.79 Å². The summed E-state index contributed by atoms with van der Waals surface area (Å²) in [5.74, 6) is 2.29. The minimum absolute atomic E-state index is 0.0560. The Morgan fingerprint density at radius 2 is 2.07 bits per heavy atom. The van der Waals surface area contributed by atoms with Crippen LogP contribution in [-0.4, -0.2) is 52.7 Å². The molecule has 0 spiro atoms. The van der Waals surface area contributed by atoms with Gasteiger partial charge in [-0.25, -0.2) is 4.98 Å². The number of carbonyl (C=O) groups is 1. The van der Waals surface area contributed by atoms with Crippen LogP contribution in [0, 0.1) is 18.8 Å². The topological polar surface area (TPSA) is 61.6 Å². The van der Waals surface area contributed by atoms with E-state index in [-0.39, 0.29) is 11.7 Å². The van der Waals surface area contributed by atoms with E-state index in [0.29, 0.717) is 14.5 Å². The van der Waals surface area contributed by atoms with Crippen LogP contribution >= 0.6 is 8.58 Å². The molecule has 148 valence electrons. The molecule has 0 bridgehead atoms. The highest BCUT2D eigenvalue weighted by Gasteiger charge is 2.38. The van der Waals surface area contributed by atoms with Crippen molar-refractivity contribution in [2.45, 2.75) is 12.7 Å². The minimum Gasteiger partial charge on any atom is -0.441 e. The van der Waals surface area contributed by atoms with E-state index in [9.17, 15) is 4.79 Å². The number of hydrogen-bond donors (Lipinski definition) is 1. The Hall–Kier alpha value is -2.43. The van der Waals surface area contributed by atoms with Crippen molar-refractivity contribution in [2.24, 2.45) is 11.8 Å². The summed E-state index contributed by atoms with van der Waals surface area (Å²) in [4.78, 5) is 21.7. The van der Waals surface area contributed by atoms with E-state index in [1.807, 2.05) is 30.0 Å².